The van der Waals surface area contributed by atoms with Crippen molar-refractivity contribution in [3.05, 3.63) is 90.0 Å². The molecule has 3 aromatic rings. The SMILES string of the molecule is COc1ccc(CC(=O)Nc2ccc(/C(C)=N\NC(=O)C3CCN(S(=O)(=O)c4ccccc4)CC3)cc2)cc1. The Kier molecular flexibility index (Phi) is 9.11. The monoisotopic (exact) mass is 548 g/mol. The number of benzene rings is 3. The third-order valence-electron chi connectivity index (χ3n) is 6.65. The highest BCUT2D eigenvalue weighted by molar-refractivity contribution is 7.89. The van der Waals surface area contributed by atoms with Crippen LogP contribution in [0.15, 0.2) is 88.9 Å². The molecule has 39 heavy (non-hydrogen) atoms. The van der Waals surface area contributed by atoms with Gasteiger partial charge in [0.05, 0.1) is 24.1 Å². The van der Waals surface area contributed by atoms with Gasteiger partial charge < -0.3 is 10.1 Å². The first kappa shape index (κ1) is 28.0. The lowest BCUT2D eigenvalue weighted by atomic mass is 9.98. The van der Waals surface area contributed by atoms with E-state index in [0.717, 1.165) is 16.9 Å². The summed E-state index contributed by atoms with van der Waals surface area (Å²) in [6.07, 6.45) is 1.10. The van der Waals surface area contributed by atoms with Crippen molar-refractivity contribution in [2.75, 3.05) is 25.5 Å². The number of amides is 2. The summed E-state index contributed by atoms with van der Waals surface area (Å²) in [7, 11) is -1.96. The number of piperidine rings is 1. The standard InChI is InChI=1S/C29H32N4O5S/c1-21(23-10-12-25(13-11-23)30-28(34)20-22-8-14-26(38-2)15-9-22)31-32-29(35)24-16-18-33(19-17-24)39(36,37)27-6-4-3-5-7-27/h3-15,24H,16-20H2,1-2H3,(H,30,34)(H,32,35)/b31-21-. The summed E-state index contributed by atoms with van der Waals surface area (Å²) in [5.41, 5.74) is 5.57. The van der Waals surface area contributed by atoms with Crippen molar-refractivity contribution in [3.63, 3.8) is 0 Å². The van der Waals surface area contributed by atoms with Crippen molar-refractivity contribution < 1.29 is 22.7 Å². The number of hydrazone groups is 1. The van der Waals surface area contributed by atoms with E-state index in [1.807, 2.05) is 36.4 Å². The molecule has 0 aromatic heterocycles. The molecule has 0 radical (unpaired) electrons. The molecule has 0 spiro atoms. The van der Waals surface area contributed by atoms with Gasteiger partial charge in [0.1, 0.15) is 5.75 Å². The number of anilines is 1. The van der Waals surface area contributed by atoms with Crippen LogP contribution in [0.25, 0.3) is 0 Å². The van der Waals surface area contributed by atoms with Crippen LogP contribution in [0.5, 0.6) is 5.75 Å². The summed E-state index contributed by atoms with van der Waals surface area (Å²) in [6, 6.07) is 22.9. The molecule has 2 N–H and O–H groups in total. The molecular formula is C29H32N4O5S. The molecule has 2 amide bonds. The lowest BCUT2D eigenvalue weighted by Gasteiger charge is -2.30. The van der Waals surface area contributed by atoms with E-state index in [4.69, 9.17) is 4.74 Å². The van der Waals surface area contributed by atoms with Crippen molar-refractivity contribution >= 4 is 33.2 Å². The summed E-state index contributed by atoms with van der Waals surface area (Å²) in [6.45, 7) is 2.35. The third kappa shape index (κ3) is 7.30. The van der Waals surface area contributed by atoms with Gasteiger partial charge in [0.15, 0.2) is 0 Å². The van der Waals surface area contributed by atoms with Gasteiger partial charge in [-0.15, -0.1) is 0 Å². The number of hydrogen-bond acceptors (Lipinski definition) is 6. The van der Waals surface area contributed by atoms with Crippen LogP contribution in [0.2, 0.25) is 0 Å². The fourth-order valence-electron chi connectivity index (χ4n) is 4.32. The summed E-state index contributed by atoms with van der Waals surface area (Å²) in [5, 5.41) is 7.11. The van der Waals surface area contributed by atoms with Crippen LogP contribution in [-0.2, 0) is 26.0 Å². The lowest BCUT2D eigenvalue weighted by Crippen LogP contribution is -2.42. The number of nitrogens with zero attached hydrogens (tertiary/aromatic N) is 2. The predicted octanol–water partition coefficient (Wildman–Crippen LogP) is 3.82. The van der Waals surface area contributed by atoms with Crippen LogP contribution < -0.4 is 15.5 Å². The molecule has 1 heterocycles. The number of carbonyl (C=O) groups is 2. The average molecular weight is 549 g/mol. The quantitative estimate of drug-likeness (QED) is 0.312. The molecule has 0 saturated carbocycles. The number of carbonyl (C=O) groups excluding carboxylic acids is 2. The molecule has 1 saturated heterocycles. The van der Waals surface area contributed by atoms with Crippen LogP contribution in [0.4, 0.5) is 5.69 Å². The normalized spacial score (nSPS) is 15.0. The largest absolute Gasteiger partial charge is 0.497 e. The molecule has 1 fully saturated rings. The zero-order valence-corrected chi connectivity index (χ0v) is 22.8. The van der Waals surface area contributed by atoms with Crippen molar-refractivity contribution in [2.24, 2.45) is 11.0 Å². The number of methoxy groups -OCH3 is 1. The smallest absolute Gasteiger partial charge is 0.243 e. The first-order valence-corrected chi connectivity index (χ1v) is 14.1. The first-order valence-electron chi connectivity index (χ1n) is 12.7. The third-order valence-corrected chi connectivity index (χ3v) is 8.56. The van der Waals surface area contributed by atoms with Gasteiger partial charge in [0.25, 0.3) is 0 Å². The Hall–Kier alpha value is -4.02. The van der Waals surface area contributed by atoms with Gasteiger partial charge in [-0.25, -0.2) is 13.8 Å². The van der Waals surface area contributed by atoms with E-state index in [-0.39, 0.29) is 42.1 Å². The van der Waals surface area contributed by atoms with Crippen LogP contribution in [0.3, 0.4) is 0 Å². The summed E-state index contributed by atoms with van der Waals surface area (Å²) < 4.78 is 32.2. The molecule has 0 atom stereocenters. The first-order chi connectivity index (χ1) is 18.8. The van der Waals surface area contributed by atoms with Crippen LogP contribution in [-0.4, -0.2) is 50.4 Å². The Bertz CT molecular complexity index is 1410. The number of sulfonamides is 1. The van der Waals surface area contributed by atoms with Crippen LogP contribution in [0.1, 0.15) is 30.9 Å². The Balaban J connectivity index is 1.25. The second kappa shape index (κ2) is 12.7. The Morgan fingerprint density at radius 1 is 0.949 bits per heavy atom. The molecule has 0 bridgehead atoms. The maximum Gasteiger partial charge on any atom is 0.243 e. The zero-order chi connectivity index (χ0) is 27.8. The van der Waals surface area contributed by atoms with E-state index in [2.05, 4.69) is 15.8 Å². The van der Waals surface area contributed by atoms with E-state index in [0.29, 0.717) is 24.2 Å². The summed E-state index contributed by atoms with van der Waals surface area (Å²) >= 11 is 0. The number of ether oxygens (including phenoxy) is 1. The minimum Gasteiger partial charge on any atom is -0.497 e. The highest BCUT2D eigenvalue weighted by Gasteiger charge is 2.32. The van der Waals surface area contributed by atoms with E-state index >= 15 is 0 Å². The van der Waals surface area contributed by atoms with Gasteiger partial charge in [-0.2, -0.15) is 9.41 Å². The molecule has 1 aliphatic rings. The second-order valence-corrected chi connectivity index (χ2v) is 11.3. The lowest BCUT2D eigenvalue weighted by molar-refractivity contribution is -0.126. The molecule has 9 nitrogen and oxygen atoms in total. The van der Waals surface area contributed by atoms with Gasteiger partial charge in [-0.3, -0.25) is 9.59 Å². The predicted molar refractivity (Wildman–Crippen MR) is 150 cm³/mol. The molecule has 204 valence electrons. The van der Waals surface area contributed by atoms with Crippen LogP contribution >= 0.6 is 0 Å². The van der Waals surface area contributed by atoms with Gasteiger partial charge >= 0.3 is 0 Å². The number of hydrogen-bond donors (Lipinski definition) is 2. The van der Waals surface area contributed by atoms with E-state index in [1.165, 1.54) is 4.31 Å². The van der Waals surface area contributed by atoms with E-state index < -0.39 is 10.0 Å². The molecule has 4 rings (SSSR count). The Morgan fingerprint density at radius 2 is 1.59 bits per heavy atom. The Morgan fingerprint density at radius 3 is 2.21 bits per heavy atom. The van der Waals surface area contributed by atoms with Gasteiger partial charge in [0.2, 0.25) is 21.8 Å². The maximum atomic E-state index is 12.8. The fourth-order valence-corrected chi connectivity index (χ4v) is 5.81. The summed E-state index contributed by atoms with van der Waals surface area (Å²) in [4.78, 5) is 25.3. The Labute approximate surface area is 228 Å². The van der Waals surface area contributed by atoms with Crippen LogP contribution in [0, 0.1) is 5.92 Å². The van der Waals surface area contributed by atoms with Gasteiger partial charge in [-0.05, 0) is 67.3 Å². The minimum atomic E-state index is -3.56. The zero-order valence-electron chi connectivity index (χ0n) is 22.0. The minimum absolute atomic E-state index is 0.131. The highest BCUT2D eigenvalue weighted by atomic mass is 32.2. The van der Waals surface area contributed by atoms with Gasteiger partial charge in [-0.1, -0.05) is 42.5 Å². The molecule has 1 aliphatic heterocycles. The number of nitrogens with one attached hydrogen (secondary N) is 2. The molecular weight excluding hydrogens is 516 g/mol. The molecule has 0 unspecified atom stereocenters. The fraction of sp³-hybridized carbons (Fsp3) is 0.276. The number of rotatable bonds is 9. The van der Waals surface area contributed by atoms with E-state index in [1.54, 1.807) is 56.5 Å². The van der Waals surface area contributed by atoms with E-state index in [9.17, 15) is 18.0 Å². The van der Waals surface area contributed by atoms with Gasteiger partial charge in [0, 0.05) is 24.7 Å². The second-order valence-electron chi connectivity index (χ2n) is 9.32. The van der Waals surface area contributed by atoms with Crippen molar-refractivity contribution in [1.29, 1.82) is 0 Å². The summed E-state index contributed by atoms with van der Waals surface area (Å²) in [5.74, 6) is 0.0661. The van der Waals surface area contributed by atoms with Crippen molar-refractivity contribution in [1.82, 2.24) is 9.73 Å². The molecule has 3 aromatic carbocycles. The maximum absolute atomic E-state index is 12.8. The highest BCUT2D eigenvalue weighted by Crippen LogP contribution is 2.24. The average Bonchev–Trinajstić information content (AvgIpc) is 2.97. The topological polar surface area (TPSA) is 117 Å². The molecule has 0 aliphatic carbocycles. The molecule has 10 heteroatoms. The van der Waals surface area contributed by atoms with Crippen molar-refractivity contribution in [2.45, 2.75) is 31.1 Å². The van der Waals surface area contributed by atoms with Crippen molar-refractivity contribution in [3.8, 4) is 5.75 Å².